The Bertz CT molecular complexity index is 822. The summed E-state index contributed by atoms with van der Waals surface area (Å²) in [6.45, 7) is 8.37. The van der Waals surface area contributed by atoms with Crippen LogP contribution in [-0.2, 0) is 17.8 Å². The molecule has 2 aliphatic rings. The van der Waals surface area contributed by atoms with Gasteiger partial charge in [0.05, 0.1) is 0 Å². The molecule has 1 spiro atoms. The topological polar surface area (TPSA) is 32.3 Å². The van der Waals surface area contributed by atoms with Crippen molar-refractivity contribution < 1.29 is 4.79 Å². The predicted molar refractivity (Wildman–Crippen MR) is 114 cm³/mol. The van der Waals surface area contributed by atoms with Crippen molar-refractivity contribution in [2.45, 2.75) is 46.1 Å². The zero-order valence-electron chi connectivity index (χ0n) is 17.2. The molecule has 2 aromatic rings. The summed E-state index contributed by atoms with van der Waals surface area (Å²) in [5, 5.41) is 3.18. The first-order chi connectivity index (χ1) is 13.6. The summed E-state index contributed by atoms with van der Waals surface area (Å²) in [4.78, 5) is 15.2. The third-order valence-corrected chi connectivity index (χ3v) is 6.81. The molecule has 1 N–H and O–H groups in total. The van der Waals surface area contributed by atoms with Gasteiger partial charge in [-0.15, -0.1) is 0 Å². The number of likely N-dealkylation sites (tertiary alicyclic amines) is 1. The number of hydrogen-bond acceptors (Lipinski definition) is 2. The number of carbonyl (C=O) groups excluding carboxylic acids is 1. The Morgan fingerprint density at radius 1 is 1.11 bits per heavy atom. The first-order valence-electron chi connectivity index (χ1n) is 10.7. The van der Waals surface area contributed by atoms with Crippen molar-refractivity contribution in [1.29, 1.82) is 0 Å². The van der Waals surface area contributed by atoms with Crippen LogP contribution in [0.1, 0.15) is 41.5 Å². The van der Waals surface area contributed by atoms with Gasteiger partial charge in [0.1, 0.15) is 0 Å². The predicted octanol–water partition coefficient (Wildman–Crippen LogP) is 4.26. The van der Waals surface area contributed by atoms with E-state index in [1.807, 2.05) is 6.07 Å². The molecular formula is C25H32N2O. The average molecular weight is 377 g/mol. The molecule has 1 heterocycles. The highest BCUT2D eigenvalue weighted by molar-refractivity contribution is 5.82. The van der Waals surface area contributed by atoms with Crippen LogP contribution in [0.3, 0.4) is 0 Å². The van der Waals surface area contributed by atoms with Gasteiger partial charge in [-0.2, -0.15) is 0 Å². The van der Waals surface area contributed by atoms with E-state index in [0.717, 1.165) is 51.9 Å². The molecule has 148 valence electrons. The van der Waals surface area contributed by atoms with Crippen molar-refractivity contribution >= 4 is 5.91 Å². The average Bonchev–Trinajstić information content (AvgIpc) is 3.40. The molecule has 28 heavy (non-hydrogen) atoms. The van der Waals surface area contributed by atoms with Gasteiger partial charge < -0.3 is 5.32 Å². The fourth-order valence-electron chi connectivity index (χ4n) is 4.79. The highest BCUT2D eigenvalue weighted by Gasteiger charge is 2.58. The molecule has 2 fully saturated rings. The van der Waals surface area contributed by atoms with Gasteiger partial charge in [0.2, 0.25) is 5.91 Å². The Labute approximate surface area is 169 Å². The molecule has 3 nitrogen and oxygen atoms in total. The normalized spacial score (nSPS) is 20.9. The van der Waals surface area contributed by atoms with Crippen LogP contribution in [0.5, 0.6) is 0 Å². The summed E-state index contributed by atoms with van der Waals surface area (Å²) in [7, 11) is 0. The lowest BCUT2D eigenvalue weighted by atomic mass is 9.90. The summed E-state index contributed by atoms with van der Waals surface area (Å²) in [5.74, 6) is 0.519. The Morgan fingerprint density at radius 3 is 2.57 bits per heavy atom. The molecule has 3 heteroatoms. The van der Waals surface area contributed by atoms with E-state index in [0.29, 0.717) is 0 Å². The third kappa shape index (κ3) is 4.30. The minimum Gasteiger partial charge on any atom is -0.356 e. The molecule has 4 rings (SSSR count). The van der Waals surface area contributed by atoms with E-state index < -0.39 is 0 Å². The number of carbonyl (C=O) groups is 1. The maximum absolute atomic E-state index is 12.6. The zero-order valence-corrected chi connectivity index (χ0v) is 17.2. The van der Waals surface area contributed by atoms with Crippen molar-refractivity contribution in [3.05, 3.63) is 70.8 Å². The van der Waals surface area contributed by atoms with E-state index in [1.165, 1.54) is 22.3 Å². The molecule has 1 saturated carbocycles. The zero-order chi connectivity index (χ0) is 19.6. The molecule has 0 bridgehead atoms. The second-order valence-electron chi connectivity index (χ2n) is 8.85. The van der Waals surface area contributed by atoms with Gasteiger partial charge in [0.25, 0.3) is 0 Å². The van der Waals surface area contributed by atoms with E-state index in [2.05, 4.69) is 66.5 Å². The van der Waals surface area contributed by atoms with Crippen LogP contribution in [-0.4, -0.2) is 30.4 Å². The van der Waals surface area contributed by atoms with Crippen LogP contribution in [0, 0.1) is 25.2 Å². The number of rotatable bonds is 6. The lowest BCUT2D eigenvalue weighted by Gasteiger charge is -2.33. The van der Waals surface area contributed by atoms with Gasteiger partial charge in [0, 0.05) is 19.0 Å². The van der Waals surface area contributed by atoms with E-state index in [1.54, 1.807) is 0 Å². The SMILES string of the molecule is Cc1ccc(CN2CCC3(CC2)C[C@@H]3C(=O)NCCc2ccccc2)c(C)c1. The quantitative estimate of drug-likeness (QED) is 0.817. The number of aryl methyl sites for hydroxylation is 2. The number of piperidine rings is 1. The molecule has 1 aliphatic carbocycles. The molecule has 1 amide bonds. The van der Waals surface area contributed by atoms with Crippen molar-refractivity contribution in [2.75, 3.05) is 19.6 Å². The van der Waals surface area contributed by atoms with E-state index in [9.17, 15) is 4.79 Å². The summed E-state index contributed by atoms with van der Waals surface area (Å²) < 4.78 is 0. The van der Waals surface area contributed by atoms with Gasteiger partial charge >= 0.3 is 0 Å². The second-order valence-corrected chi connectivity index (χ2v) is 8.85. The maximum Gasteiger partial charge on any atom is 0.223 e. The highest BCUT2D eigenvalue weighted by atomic mass is 16.2. The summed E-state index contributed by atoms with van der Waals surface area (Å²) >= 11 is 0. The van der Waals surface area contributed by atoms with Crippen LogP contribution in [0.25, 0.3) is 0 Å². The molecule has 1 aliphatic heterocycles. The Balaban J connectivity index is 1.22. The molecular weight excluding hydrogens is 344 g/mol. The monoisotopic (exact) mass is 376 g/mol. The van der Waals surface area contributed by atoms with E-state index in [4.69, 9.17) is 0 Å². The number of nitrogens with zero attached hydrogens (tertiary/aromatic N) is 1. The molecule has 0 radical (unpaired) electrons. The van der Waals surface area contributed by atoms with Crippen LogP contribution in [0.15, 0.2) is 48.5 Å². The van der Waals surface area contributed by atoms with Crippen molar-refractivity contribution in [3.63, 3.8) is 0 Å². The largest absolute Gasteiger partial charge is 0.356 e. The Hall–Kier alpha value is -2.13. The Morgan fingerprint density at radius 2 is 1.86 bits per heavy atom. The second kappa shape index (κ2) is 8.08. The van der Waals surface area contributed by atoms with Gasteiger partial charge in [-0.05, 0) is 74.7 Å². The van der Waals surface area contributed by atoms with Crippen LogP contribution >= 0.6 is 0 Å². The maximum atomic E-state index is 12.6. The van der Waals surface area contributed by atoms with Gasteiger partial charge in [-0.25, -0.2) is 0 Å². The molecule has 1 saturated heterocycles. The highest BCUT2D eigenvalue weighted by Crippen LogP contribution is 2.59. The third-order valence-electron chi connectivity index (χ3n) is 6.81. The molecule has 1 atom stereocenters. The van der Waals surface area contributed by atoms with Crippen molar-refractivity contribution in [1.82, 2.24) is 10.2 Å². The number of amides is 1. The lowest BCUT2D eigenvalue weighted by Crippen LogP contribution is -2.37. The lowest BCUT2D eigenvalue weighted by molar-refractivity contribution is -0.123. The minimum absolute atomic E-state index is 0.242. The minimum atomic E-state index is 0.242. The van der Waals surface area contributed by atoms with Crippen molar-refractivity contribution in [3.8, 4) is 0 Å². The van der Waals surface area contributed by atoms with Crippen LogP contribution < -0.4 is 5.32 Å². The van der Waals surface area contributed by atoms with Crippen molar-refractivity contribution in [2.24, 2.45) is 11.3 Å². The van der Waals surface area contributed by atoms with Gasteiger partial charge in [0.15, 0.2) is 0 Å². The van der Waals surface area contributed by atoms with Crippen LogP contribution in [0.2, 0.25) is 0 Å². The van der Waals surface area contributed by atoms with Gasteiger partial charge in [-0.1, -0.05) is 54.1 Å². The first kappa shape index (κ1) is 19.2. The number of hydrogen-bond donors (Lipinski definition) is 1. The first-order valence-corrected chi connectivity index (χ1v) is 10.7. The molecule has 0 unspecified atom stereocenters. The summed E-state index contributed by atoms with van der Waals surface area (Å²) in [6, 6.07) is 17.1. The molecule has 2 aromatic carbocycles. The smallest absolute Gasteiger partial charge is 0.223 e. The number of benzene rings is 2. The summed E-state index contributed by atoms with van der Waals surface area (Å²) in [6.07, 6.45) is 4.32. The van der Waals surface area contributed by atoms with E-state index in [-0.39, 0.29) is 17.2 Å². The standard InChI is InChI=1S/C25H32N2O/c1-19-8-9-22(20(2)16-19)18-27-14-11-25(12-15-27)17-23(25)24(28)26-13-10-21-6-4-3-5-7-21/h3-9,16,23H,10-15,17-18H2,1-2H3,(H,26,28)/t23-/m1/s1. The van der Waals surface area contributed by atoms with Crippen LogP contribution in [0.4, 0.5) is 0 Å². The fourth-order valence-corrected chi connectivity index (χ4v) is 4.79. The fraction of sp³-hybridized carbons (Fsp3) is 0.480. The van der Waals surface area contributed by atoms with E-state index >= 15 is 0 Å². The number of nitrogens with one attached hydrogen (secondary N) is 1. The summed E-state index contributed by atoms with van der Waals surface area (Å²) in [5.41, 5.74) is 5.73. The van der Waals surface area contributed by atoms with Gasteiger partial charge in [-0.3, -0.25) is 9.69 Å². The molecule has 0 aromatic heterocycles. The Kier molecular flexibility index (Phi) is 5.54.